The fourth-order valence-electron chi connectivity index (χ4n) is 13.4. The number of Topliss-reactive ketones (excluding diaryl/α,β-unsaturated/α-hetero) is 1. The van der Waals surface area contributed by atoms with E-state index < -0.39 is 95.1 Å². The molecule has 0 saturated carbocycles. The molecule has 5 aliphatic heterocycles. The van der Waals surface area contributed by atoms with Crippen molar-refractivity contribution in [3.8, 4) is 11.1 Å². The summed E-state index contributed by atoms with van der Waals surface area (Å²) in [6, 6.07) is 15.6. The van der Waals surface area contributed by atoms with E-state index in [0.29, 0.717) is 57.8 Å². The van der Waals surface area contributed by atoms with Crippen LogP contribution in [-0.4, -0.2) is 100 Å². The Balaban J connectivity index is 0.00000741. The molecule has 13 nitrogen and oxygen atoms in total. The van der Waals surface area contributed by atoms with E-state index in [9.17, 15) is 29.7 Å². The molecule has 6 aliphatic rings. The van der Waals surface area contributed by atoms with Crippen LogP contribution in [-0.2, 0) is 38.0 Å². The summed E-state index contributed by atoms with van der Waals surface area (Å²) < 4.78 is 40.9. The number of carboxylic acid groups (broad SMARTS) is 1. The number of hydrogen-bond acceptors (Lipinski definition) is 12. The first-order valence-electron chi connectivity index (χ1n) is 26.6. The largest absolute Gasteiger partial charge is 1.00 e. The number of carbonyl (C=O) groups excluding carboxylic acids is 3. The van der Waals surface area contributed by atoms with E-state index in [2.05, 4.69) is 50.4 Å². The summed E-state index contributed by atoms with van der Waals surface area (Å²) in [5.74, 6) is -6.88. The van der Waals surface area contributed by atoms with Crippen LogP contribution in [0.5, 0.6) is 0 Å². The summed E-state index contributed by atoms with van der Waals surface area (Å²) in [6.45, 7) is 19.7. The predicted molar refractivity (Wildman–Crippen MR) is 262 cm³/mol. The zero-order valence-electron chi connectivity index (χ0n) is 44.2. The minimum absolute atomic E-state index is 0. The number of hydrogen-bond donors (Lipinski definition) is 3. The number of aliphatic carboxylic acids is 1. The van der Waals surface area contributed by atoms with Crippen LogP contribution in [0.3, 0.4) is 0 Å². The molecule has 5 heterocycles. The van der Waals surface area contributed by atoms with Crippen molar-refractivity contribution in [1.82, 2.24) is 5.32 Å². The van der Waals surface area contributed by atoms with Crippen LogP contribution in [0, 0.1) is 41.4 Å². The van der Waals surface area contributed by atoms with E-state index in [0.717, 1.165) is 28.7 Å². The van der Waals surface area contributed by atoms with Gasteiger partial charge in [0.2, 0.25) is 0 Å². The first-order valence-corrected chi connectivity index (χ1v) is 26.6. The second-order valence-corrected chi connectivity index (χ2v) is 22.4. The Bertz CT molecular complexity index is 2200. The van der Waals surface area contributed by atoms with Gasteiger partial charge in [0.15, 0.2) is 11.6 Å². The van der Waals surface area contributed by atoms with Gasteiger partial charge in [-0.2, -0.15) is 0 Å². The summed E-state index contributed by atoms with van der Waals surface area (Å²) in [7, 11) is 0. The molecule has 0 aromatic heterocycles. The van der Waals surface area contributed by atoms with Crippen molar-refractivity contribution in [2.45, 2.75) is 205 Å². The molecule has 0 bridgehead atoms. The summed E-state index contributed by atoms with van der Waals surface area (Å²) in [6.07, 6.45) is 5.27. The van der Waals surface area contributed by atoms with Crippen molar-refractivity contribution in [3.05, 3.63) is 71.8 Å². The van der Waals surface area contributed by atoms with E-state index in [4.69, 9.17) is 28.4 Å². The number of rotatable bonds is 15. The molecule has 3 N–H and O–H groups in total. The van der Waals surface area contributed by atoms with Gasteiger partial charge in [0, 0.05) is 47.9 Å². The van der Waals surface area contributed by atoms with Gasteiger partial charge in [-0.15, -0.1) is 0 Å². The van der Waals surface area contributed by atoms with E-state index in [1.165, 1.54) is 0 Å². The Labute approximate surface area is 444 Å². The molecule has 386 valence electrons. The van der Waals surface area contributed by atoms with Gasteiger partial charge < -0.3 is 53.9 Å². The zero-order valence-corrected chi connectivity index (χ0v) is 46.2. The number of carboxylic acids is 1. The molecule has 1 aliphatic carbocycles. The molecule has 8 rings (SSSR count). The van der Waals surface area contributed by atoms with Crippen molar-refractivity contribution in [2.24, 2.45) is 41.4 Å². The number of alkyl carbamates (subject to hydrolysis) is 1. The summed E-state index contributed by atoms with van der Waals surface area (Å²) in [5, 5.41) is 38.4. The van der Waals surface area contributed by atoms with Crippen molar-refractivity contribution < 1.29 is 87.7 Å². The first-order chi connectivity index (χ1) is 33.2. The molecule has 2 spiro atoms. The molecule has 71 heavy (non-hydrogen) atoms. The Morgan fingerprint density at radius 2 is 1.49 bits per heavy atom. The number of aliphatic hydroxyl groups is 2. The maximum absolute atomic E-state index is 14.8. The molecule has 18 atom stereocenters. The maximum Gasteiger partial charge on any atom is 1.00 e. The van der Waals surface area contributed by atoms with Gasteiger partial charge >= 0.3 is 35.7 Å². The maximum atomic E-state index is 14.8. The first kappa shape index (κ1) is 56.0. The van der Waals surface area contributed by atoms with Gasteiger partial charge in [-0.1, -0.05) is 110 Å². The number of nitrogens with one attached hydrogen (secondary N) is 1. The standard InChI is InChI=1S/C57H81NO12.Na/c1-11-38(52(61)62)45-23-22-32(4)50(67-45)36(8)48(59)35(7)49(60)39(12-2)51-33(5)30-34(6)56(68-51)27-24-46(57(70-56)29-28-54(10,69-57)47-25-26-55(64,13-3)37(9)66-47)58-53(63)65-31-44-42-20-16-14-18-40(42)41-19-15-17-21-43(41)44;/h14-21,24,27,32-39,44-48,50-51,59,64H,11-13,22-23,25-26,28-31H2,1-10H3,(H,58,63)(H,61,62);/q;+1/p-1/t32-,33-,34+,35-,36-,37-,38+,39-,45+,46-,47+,48+,50+,51-,54-,55+,56-,57-;/m0./s1. The second-order valence-electron chi connectivity index (χ2n) is 22.4. The SMILES string of the molecule is CC[C@@H](C(=O)[C@@H](C)[C@@H](O)[C@H](C)[C@@H]1O[C@@H]([C@@H](CC)C(=O)[O-])CC[C@@H]1C)[C@H]1O[C@]2(C=C[C@H](NC(=O)OCC3c4ccccc4-c4ccccc43)[C@]3(CC[C@@](C)([C@H]4CC[C@](O)(CC)[C@H](C)O4)O3)O2)[C@H](C)C[C@@H]1C.[Na+]. The normalized spacial score (nSPS) is 37.8. The molecule has 4 saturated heterocycles. The molecule has 1 amide bonds. The molecular formula is C57H80NNaO12. The molecule has 2 aromatic carbocycles. The smallest absolute Gasteiger partial charge is 0.550 e. The summed E-state index contributed by atoms with van der Waals surface area (Å²) in [4.78, 5) is 40.9. The molecule has 0 radical (unpaired) electrons. The molecule has 0 unspecified atom stereocenters. The third-order valence-corrected chi connectivity index (χ3v) is 18.1. The number of amides is 1. The Morgan fingerprint density at radius 3 is 2.10 bits per heavy atom. The molecular weight excluding hydrogens is 914 g/mol. The number of aliphatic hydroxyl groups excluding tert-OH is 1. The van der Waals surface area contributed by atoms with Crippen LogP contribution in [0.4, 0.5) is 4.79 Å². The van der Waals surface area contributed by atoms with Gasteiger partial charge in [0.25, 0.3) is 0 Å². The van der Waals surface area contributed by atoms with Crippen LogP contribution in [0.15, 0.2) is 60.7 Å². The quantitative estimate of drug-likeness (QED) is 0.153. The summed E-state index contributed by atoms with van der Waals surface area (Å²) in [5.41, 5.74) is 2.70. The third kappa shape index (κ3) is 10.6. The average molecular weight is 994 g/mol. The Kier molecular flexibility index (Phi) is 17.6. The fraction of sp³-hybridized carbons (Fsp3) is 0.702. The minimum Gasteiger partial charge on any atom is -0.550 e. The molecule has 4 fully saturated rings. The predicted octanol–water partition coefficient (Wildman–Crippen LogP) is 5.40. The van der Waals surface area contributed by atoms with Crippen molar-refractivity contribution >= 4 is 17.8 Å². The third-order valence-electron chi connectivity index (χ3n) is 18.1. The van der Waals surface area contributed by atoms with E-state index in [1.54, 1.807) is 6.92 Å². The van der Waals surface area contributed by atoms with Crippen molar-refractivity contribution in [3.63, 3.8) is 0 Å². The summed E-state index contributed by atoms with van der Waals surface area (Å²) >= 11 is 0. The van der Waals surface area contributed by atoms with Crippen LogP contribution >= 0.6 is 0 Å². The van der Waals surface area contributed by atoms with Gasteiger partial charge in [0.05, 0.1) is 47.8 Å². The van der Waals surface area contributed by atoms with Crippen molar-refractivity contribution in [1.29, 1.82) is 0 Å². The topological polar surface area (TPSA) is 182 Å². The molecule has 14 heteroatoms. The van der Waals surface area contributed by atoms with Crippen LogP contribution in [0.25, 0.3) is 11.1 Å². The van der Waals surface area contributed by atoms with E-state index >= 15 is 0 Å². The van der Waals surface area contributed by atoms with Gasteiger partial charge in [-0.25, -0.2) is 4.79 Å². The monoisotopic (exact) mass is 994 g/mol. The minimum atomic E-state index is -1.42. The zero-order chi connectivity index (χ0) is 50.5. The van der Waals surface area contributed by atoms with Gasteiger partial charge in [0.1, 0.15) is 18.4 Å². The van der Waals surface area contributed by atoms with Gasteiger partial charge in [-0.05, 0) is 112 Å². The Hall–Kier alpha value is -2.69. The van der Waals surface area contributed by atoms with Crippen molar-refractivity contribution in [2.75, 3.05) is 6.61 Å². The molecule has 2 aromatic rings. The van der Waals surface area contributed by atoms with Crippen LogP contribution in [0.1, 0.15) is 150 Å². The second kappa shape index (κ2) is 22.3. The number of ketones is 1. The van der Waals surface area contributed by atoms with Gasteiger partial charge in [-0.3, -0.25) is 4.79 Å². The van der Waals surface area contributed by atoms with Crippen LogP contribution in [0.2, 0.25) is 0 Å². The van der Waals surface area contributed by atoms with E-state index in [1.807, 2.05) is 78.0 Å². The fourth-order valence-corrected chi connectivity index (χ4v) is 13.4. The Morgan fingerprint density at radius 1 is 0.845 bits per heavy atom. The number of ether oxygens (including phenoxy) is 6. The number of benzene rings is 2. The number of fused-ring (bicyclic) bond motifs is 3. The number of carbonyl (C=O) groups is 3. The van der Waals surface area contributed by atoms with E-state index in [-0.39, 0.29) is 71.7 Å². The average Bonchev–Trinajstić information content (AvgIpc) is 3.86. The van der Waals surface area contributed by atoms with Crippen LogP contribution < -0.4 is 40.0 Å².